The predicted octanol–water partition coefficient (Wildman–Crippen LogP) is -2.04. The van der Waals surface area contributed by atoms with Crippen LogP contribution < -0.4 is 20.6 Å². The minimum absolute atomic E-state index is 0.846. The van der Waals surface area contributed by atoms with E-state index < -0.39 is 37.6 Å². The van der Waals surface area contributed by atoms with Crippen LogP contribution in [-0.2, 0) is 4.79 Å². The number of rotatable bonds is 2. The molecule has 0 atom stereocenters. The molecule has 0 fully saturated rings. The van der Waals surface area contributed by atoms with Crippen LogP contribution in [0.4, 0.5) is 0 Å². The molecular formula is C3H10N4O3S2. The van der Waals surface area contributed by atoms with Gasteiger partial charge < -0.3 is 10.2 Å². The largest absolute Gasteiger partial charge is 0.350 e. The Bertz CT molecular complexity index is 239. The van der Waals surface area contributed by atoms with Crippen molar-refractivity contribution in [3.05, 3.63) is 0 Å². The zero-order valence-corrected chi connectivity index (χ0v) is 7.56. The number of aliphatic hydroxyl groups excluding tert-OH is 2. The molecule has 0 aromatic carbocycles. The van der Waals surface area contributed by atoms with E-state index in [-0.39, 0.29) is 0 Å². The molecule has 0 saturated heterocycles. The van der Waals surface area contributed by atoms with Gasteiger partial charge in [0.05, 0.1) is 0 Å². The van der Waals surface area contributed by atoms with Gasteiger partial charge in [-0.1, -0.05) is 0 Å². The quantitative estimate of drug-likeness (QED) is 0.288. The molecule has 0 aliphatic carbocycles. The van der Waals surface area contributed by atoms with Crippen LogP contribution in [0.2, 0.25) is 0 Å². The van der Waals surface area contributed by atoms with E-state index in [9.17, 15) is 4.79 Å². The van der Waals surface area contributed by atoms with Crippen LogP contribution in [0.5, 0.6) is 0 Å². The maximum atomic E-state index is 10.8. The molecule has 0 heterocycles. The summed E-state index contributed by atoms with van der Waals surface area (Å²) in [7, 11) is -3.18. The molecule has 0 aliphatic heterocycles. The molecule has 12 heavy (non-hydrogen) atoms. The Hall–Kier alpha value is -0.130. The summed E-state index contributed by atoms with van der Waals surface area (Å²) in [6.07, 6.45) is 0. The molecule has 0 amide bonds. The van der Waals surface area contributed by atoms with E-state index in [4.69, 9.17) is 30.8 Å². The molecule has 0 saturated carbocycles. The van der Waals surface area contributed by atoms with Crippen molar-refractivity contribution >= 4 is 37.6 Å². The molecule has 0 aromatic heterocycles. The van der Waals surface area contributed by atoms with Crippen LogP contribution in [0.1, 0.15) is 0 Å². The van der Waals surface area contributed by atoms with Crippen molar-refractivity contribution in [1.82, 2.24) is 0 Å². The summed E-state index contributed by atoms with van der Waals surface area (Å²) < 4.78 is 0. The molecule has 0 rings (SSSR count). The van der Waals surface area contributed by atoms with Crippen LogP contribution in [-0.4, -0.2) is 26.1 Å². The molecule has 0 aromatic rings. The van der Waals surface area contributed by atoms with Gasteiger partial charge in [-0.2, -0.15) is 0 Å². The molecule has 0 unspecified atom stereocenters. The average molecular weight is 214 g/mol. The topological polar surface area (TPSA) is 162 Å². The fourth-order valence-corrected chi connectivity index (χ4v) is 0.992. The Morgan fingerprint density at radius 1 is 0.917 bits per heavy atom. The average Bonchev–Trinajstić information content (AvgIpc) is 2.00. The monoisotopic (exact) mass is 214 g/mol. The normalized spacial score (nSPS) is 10.7. The van der Waals surface area contributed by atoms with Crippen molar-refractivity contribution in [1.29, 1.82) is 0 Å². The SMILES string of the molecule is NS(N)=C(O)C(=O)C(O)=S(N)N. The van der Waals surface area contributed by atoms with Crippen molar-refractivity contribution in [3.63, 3.8) is 0 Å². The van der Waals surface area contributed by atoms with E-state index in [1.165, 1.54) is 0 Å². The first-order chi connectivity index (χ1) is 5.37. The third kappa shape index (κ3) is 3.08. The Morgan fingerprint density at radius 2 is 1.17 bits per heavy atom. The highest BCUT2D eigenvalue weighted by molar-refractivity contribution is 8.15. The lowest BCUT2D eigenvalue weighted by Gasteiger charge is -2.02. The number of ketones is 1. The lowest BCUT2D eigenvalue weighted by atomic mass is 10.4. The zero-order chi connectivity index (χ0) is 9.89. The fourth-order valence-electron chi connectivity index (χ4n) is 0.306. The van der Waals surface area contributed by atoms with Crippen molar-refractivity contribution < 1.29 is 15.0 Å². The summed E-state index contributed by atoms with van der Waals surface area (Å²) in [5.41, 5.74) is 0. The second kappa shape index (κ2) is 4.79. The smallest absolute Gasteiger partial charge is 0.254 e. The number of aliphatic hydroxyl groups is 2. The third-order valence-electron chi connectivity index (χ3n) is 0.835. The predicted molar refractivity (Wildman–Crippen MR) is 52.2 cm³/mol. The van der Waals surface area contributed by atoms with Gasteiger partial charge in [0.15, 0.2) is 10.1 Å². The van der Waals surface area contributed by atoms with Gasteiger partial charge >= 0.3 is 0 Å². The van der Waals surface area contributed by atoms with Crippen molar-refractivity contribution in [2.24, 2.45) is 20.6 Å². The molecule has 0 aliphatic rings. The number of Topliss-reactive ketones (excluding diaryl/α,β-unsaturated/α-hetero) is 1. The van der Waals surface area contributed by atoms with Gasteiger partial charge in [0.1, 0.15) is 0 Å². The van der Waals surface area contributed by atoms with E-state index in [0.29, 0.717) is 0 Å². The van der Waals surface area contributed by atoms with Gasteiger partial charge in [0.25, 0.3) is 5.78 Å². The zero-order valence-electron chi connectivity index (χ0n) is 5.93. The Kier molecular flexibility index (Phi) is 4.74. The van der Waals surface area contributed by atoms with Crippen molar-refractivity contribution in [2.75, 3.05) is 0 Å². The lowest BCUT2D eigenvalue weighted by Crippen LogP contribution is -2.28. The second-order valence-electron chi connectivity index (χ2n) is 1.68. The molecule has 10 N–H and O–H groups in total. The van der Waals surface area contributed by atoms with Crippen molar-refractivity contribution in [2.45, 2.75) is 0 Å². The summed E-state index contributed by atoms with van der Waals surface area (Å²) in [6.45, 7) is 0. The Labute approximate surface area is 73.7 Å². The Balaban J connectivity index is 4.90. The van der Waals surface area contributed by atoms with E-state index in [1.807, 2.05) is 0 Å². The molecule has 0 radical (unpaired) electrons. The van der Waals surface area contributed by atoms with Crippen LogP contribution in [0.25, 0.3) is 0 Å². The minimum Gasteiger partial charge on any atom is -0.350 e. The molecule has 9 heteroatoms. The van der Waals surface area contributed by atoms with Crippen LogP contribution in [0.15, 0.2) is 0 Å². The number of hydrogen-bond acceptors (Lipinski definition) is 5. The summed E-state index contributed by atoms with van der Waals surface area (Å²) in [4.78, 5) is 10.8. The molecule has 72 valence electrons. The van der Waals surface area contributed by atoms with Crippen LogP contribution >= 0.6 is 21.7 Å². The third-order valence-corrected chi connectivity index (χ3v) is 2.10. The second-order valence-corrected chi connectivity index (χ2v) is 3.94. The highest BCUT2D eigenvalue weighted by Crippen LogP contribution is 1.96. The Morgan fingerprint density at radius 3 is 1.33 bits per heavy atom. The first kappa shape index (κ1) is 11.9. The maximum absolute atomic E-state index is 10.8. The van der Waals surface area contributed by atoms with Crippen LogP contribution in [0.3, 0.4) is 0 Å². The minimum atomic E-state index is -1.59. The van der Waals surface area contributed by atoms with Gasteiger partial charge in [-0.05, 0) is 21.7 Å². The first-order valence-electron chi connectivity index (χ1n) is 2.50. The first-order valence-corrected chi connectivity index (χ1v) is 5.20. The van der Waals surface area contributed by atoms with E-state index in [0.717, 1.165) is 0 Å². The number of carbonyl (C=O) groups excluding carboxylic acids is 1. The summed E-state index contributed by atoms with van der Waals surface area (Å²) in [5.74, 6) is -1.11. The summed E-state index contributed by atoms with van der Waals surface area (Å²) >= 11 is 0. The van der Waals surface area contributed by atoms with E-state index in [2.05, 4.69) is 0 Å². The molecule has 0 bridgehead atoms. The number of carbonyl (C=O) groups is 1. The summed E-state index contributed by atoms with van der Waals surface area (Å²) in [5, 5.41) is 35.9. The number of nitrogens with two attached hydrogens (primary N) is 4. The van der Waals surface area contributed by atoms with Crippen molar-refractivity contribution in [3.8, 4) is 0 Å². The van der Waals surface area contributed by atoms with Gasteiger partial charge in [0, 0.05) is 0 Å². The lowest BCUT2D eigenvalue weighted by molar-refractivity contribution is -0.108. The van der Waals surface area contributed by atoms with Gasteiger partial charge in [-0.3, -0.25) is 25.4 Å². The number of hydrogen-bond donors (Lipinski definition) is 6. The van der Waals surface area contributed by atoms with Gasteiger partial charge in [0.2, 0.25) is 0 Å². The highest BCUT2D eigenvalue weighted by atomic mass is 32.2. The molecule has 0 spiro atoms. The summed E-state index contributed by atoms with van der Waals surface area (Å²) in [6, 6.07) is 0. The maximum Gasteiger partial charge on any atom is 0.254 e. The fraction of sp³-hybridized carbons (Fsp3) is 0. The van der Waals surface area contributed by atoms with E-state index in [1.54, 1.807) is 0 Å². The molecule has 7 nitrogen and oxygen atoms in total. The standard InChI is InChI=1S/C3H10N4O3S2/c4-11(5)2(9)1(8)3(10)12(6)7/h9-10H,4-7H2. The van der Waals surface area contributed by atoms with E-state index >= 15 is 0 Å². The van der Waals surface area contributed by atoms with Crippen LogP contribution in [0, 0.1) is 0 Å². The van der Waals surface area contributed by atoms with Gasteiger partial charge in [-0.15, -0.1) is 0 Å². The highest BCUT2D eigenvalue weighted by Gasteiger charge is 2.15. The molecular weight excluding hydrogens is 204 g/mol. The van der Waals surface area contributed by atoms with Gasteiger partial charge in [-0.25, -0.2) is 0 Å².